The van der Waals surface area contributed by atoms with Gasteiger partial charge in [-0.2, -0.15) is 0 Å². The van der Waals surface area contributed by atoms with E-state index < -0.39 is 0 Å². The molecule has 1 aliphatic rings. The van der Waals surface area contributed by atoms with Crippen molar-refractivity contribution in [3.8, 4) is 5.75 Å². The lowest BCUT2D eigenvalue weighted by Crippen LogP contribution is -2.35. The molecule has 0 unspecified atom stereocenters. The normalized spacial score (nSPS) is 14.3. The van der Waals surface area contributed by atoms with Crippen LogP contribution in [0.15, 0.2) is 41.4 Å². The molecule has 3 rings (SSSR count). The summed E-state index contributed by atoms with van der Waals surface area (Å²) in [7, 11) is 3.05. The van der Waals surface area contributed by atoms with Gasteiger partial charge in [-0.05, 0) is 29.6 Å². The van der Waals surface area contributed by atoms with E-state index in [0.29, 0.717) is 22.0 Å². The number of benzene rings is 1. The molecule has 0 bridgehead atoms. The third-order valence-electron chi connectivity index (χ3n) is 3.88. The molecule has 8 heteroatoms. The number of anilines is 1. The highest BCUT2D eigenvalue weighted by atomic mass is 35.5. The SMILES string of the molecule is COCCN1C(=O)C(Nc2ccc(OC)c(Cl)c2)=C(c2cccs2)C1=O. The maximum Gasteiger partial charge on any atom is 0.278 e. The van der Waals surface area contributed by atoms with Crippen LogP contribution in [-0.2, 0) is 14.3 Å². The van der Waals surface area contributed by atoms with E-state index >= 15 is 0 Å². The van der Waals surface area contributed by atoms with E-state index in [2.05, 4.69) is 5.32 Å². The van der Waals surface area contributed by atoms with Crippen molar-refractivity contribution >= 4 is 46.0 Å². The van der Waals surface area contributed by atoms with Gasteiger partial charge in [0.25, 0.3) is 11.8 Å². The molecule has 2 heterocycles. The summed E-state index contributed by atoms with van der Waals surface area (Å²) in [4.78, 5) is 27.5. The van der Waals surface area contributed by atoms with E-state index in [9.17, 15) is 9.59 Å². The highest BCUT2D eigenvalue weighted by molar-refractivity contribution is 7.11. The Balaban J connectivity index is 1.98. The number of rotatable bonds is 7. The monoisotopic (exact) mass is 392 g/mol. The minimum absolute atomic E-state index is 0.192. The zero-order valence-electron chi connectivity index (χ0n) is 14.2. The molecule has 0 aliphatic carbocycles. The van der Waals surface area contributed by atoms with Crippen molar-refractivity contribution < 1.29 is 19.1 Å². The largest absolute Gasteiger partial charge is 0.495 e. The van der Waals surface area contributed by atoms with Gasteiger partial charge in [0, 0.05) is 17.7 Å². The molecule has 1 aliphatic heterocycles. The number of carbonyl (C=O) groups is 2. The first-order valence-corrected chi connectivity index (χ1v) is 9.06. The van der Waals surface area contributed by atoms with Crippen LogP contribution < -0.4 is 10.1 Å². The Kier molecular flexibility index (Phi) is 5.61. The molecule has 2 amide bonds. The van der Waals surface area contributed by atoms with Crippen LogP contribution >= 0.6 is 22.9 Å². The first-order valence-electron chi connectivity index (χ1n) is 7.80. The molecule has 0 radical (unpaired) electrons. The van der Waals surface area contributed by atoms with Crippen LogP contribution in [-0.4, -0.2) is 44.1 Å². The zero-order valence-corrected chi connectivity index (χ0v) is 15.8. The van der Waals surface area contributed by atoms with E-state index in [1.807, 2.05) is 17.5 Å². The minimum atomic E-state index is -0.387. The Labute approximate surface area is 160 Å². The van der Waals surface area contributed by atoms with Gasteiger partial charge in [0.1, 0.15) is 11.4 Å². The van der Waals surface area contributed by atoms with E-state index in [-0.39, 0.29) is 30.7 Å². The number of hydrogen-bond acceptors (Lipinski definition) is 6. The second kappa shape index (κ2) is 7.90. The lowest BCUT2D eigenvalue weighted by atomic mass is 10.2. The fourth-order valence-corrected chi connectivity index (χ4v) is 3.64. The second-order valence-corrected chi connectivity index (χ2v) is 6.81. The van der Waals surface area contributed by atoms with Crippen molar-refractivity contribution in [1.82, 2.24) is 4.90 Å². The van der Waals surface area contributed by atoms with Crippen LogP contribution in [0.5, 0.6) is 5.75 Å². The Morgan fingerprint density at radius 3 is 2.62 bits per heavy atom. The molecular formula is C18H17ClN2O4S. The Hall–Kier alpha value is -2.35. The Morgan fingerprint density at radius 1 is 1.19 bits per heavy atom. The van der Waals surface area contributed by atoms with Gasteiger partial charge in [0.15, 0.2) is 0 Å². The van der Waals surface area contributed by atoms with Crippen LogP contribution in [0.1, 0.15) is 4.88 Å². The summed E-state index contributed by atoms with van der Waals surface area (Å²) >= 11 is 7.56. The van der Waals surface area contributed by atoms with Crippen LogP contribution in [0.25, 0.3) is 5.57 Å². The van der Waals surface area contributed by atoms with Crippen LogP contribution in [0.3, 0.4) is 0 Å². The first-order chi connectivity index (χ1) is 12.6. The maximum absolute atomic E-state index is 12.8. The Morgan fingerprint density at radius 2 is 2.00 bits per heavy atom. The van der Waals surface area contributed by atoms with Gasteiger partial charge >= 0.3 is 0 Å². The van der Waals surface area contributed by atoms with E-state index in [0.717, 1.165) is 4.88 Å². The van der Waals surface area contributed by atoms with E-state index in [1.54, 1.807) is 18.2 Å². The van der Waals surface area contributed by atoms with Gasteiger partial charge in [-0.3, -0.25) is 14.5 Å². The lowest BCUT2D eigenvalue weighted by molar-refractivity contribution is -0.137. The summed E-state index contributed by atoms with van der Waals surface area (Å²) < 4.78 is 10.1. The average molecular weight is 393 g/mol. The van der Waals surface area contributed by atoms with Gasteiger partial charge in [-0.25, -0.2) is 0 Å². The summed E-state index contributed by atoms with van der Waals surface area (Å²) in [5.41, 5.74) is 1.18. The predicted octanol–water partition coefficient (Wildman–Crippen LogP) is 3.25. The number of ether oxygens (including phenoxy) is 2. The van der Waals surface area contributed by atoms with Crippen molar-refractivity contribution in [2.45, 2.75) is 0 Å². The minimum Gasteiger partial charge on any atom is -0.495 e. The average Bonchev–Trinajstić information content (AvgIpc) is 3.22. The smallest absolute Gasteiger partial charge is 0.278 e. The summed E-state index contributed by atoms with van der Waals surface area (Å²) in [6.45, 7) is 0.467. The van der Waals surface area contributed by atoms with Crippen LogP contribution in [0, 0.1) is 0 Å². The molecule has 1 N–H and O–H groups in total. The topological polar surface area (TPSA) is 67.9 Å². The van der Waals surface area contributed by atoms with E-state index in [1.165, 1.54) is 30.5 Å². The number of carbonyl (C=O) groups excluding carboxylic acids is 2. The standard InChI is InChI=1S/C18H17ClN2O4S/c1-24-8-7-21-17(22)15(14-4-3-9-26-14)16(18(21)23)20-11-5-6-13(25-2)12(19)10-11/h3-6,9-10,20H,7-8H2,1-2H3. The molecule has 26 heavy (non-hydrogen) atoms. The number of amides is 2. The predicted molar refractivity (Wildman–Crippen MR) is 101 cm³/mol. The first kappa shape index (κ1) is 18.4. The summed E-state index contributed by atoms with van der Waals surface area (Å²) in [5.74, 6) is -0.195. The fraction of sp³-hybridized carbons (Fsp3) is 0.222. The number of methoxy groups -OCH3 is 2. The third kappa shape index (κ3) is 3.46. The Bertz CT molecular complexity index is 864. The summed E-state index contributed by atoms with van der Waals surface area (Å²) in [5, 5.41) is 5.32. The number of halogens is 1. The molecule has 0 fully saturated rings. The third-order valence-corrected chi connectivity index (χ3v) is 5.06. The van der Waals surface area contributed by atoms with Gasteiger partial charge in [-0.15, -0.1) is 11.3 Å². The second-order valence-electron chi connectivity index (χ2n) is 5.46. The number of nitrogens with one attached hydrogen (secondary N) is 1. The van der Waals surface area contributed by atoms with Crippen molar-refractivity contribution in [3.05, 3.63) is 51.3 Å². The number of thiophene rings is 1. The van der Waals surface area contributed by atoms with Crippen molar-refractivity contribution in [3.63, 3.8) is 0 Å². The number of nitrogens with zero attached hydrogens (tertiary/aromatic N) is 1. The van der Waals surface area contributed by atoms with Crippen molar-refractivity contribution in [2.75, 3.05) is 32.7 Å². The molecular weight excluding hydrogens is 376 g/mol. The van der Waals surface area contributed by atoms with Crippen LogP contribution in [0.2, 0.25) is 5.02 Å². The highest BCUT2D eigenvalue weighted by Crippen LogP contribution is 2.34. The molecule has 136 valence electrons. The van der Waals surface area contributed by atoms with Gasteiger partial charge in [-0.1, -0.05) is 17.7 Å². The van der Waals surface area contributed by atoms with Crippen LogP contribution in [0.4, 0.5) is 5.69 Å². The van der Waals surface area contributed by atoms with Crippen molar-refractivity contribution in [1.29, 1.82) is 0 Å². The summed E-state index contributed by atoms with van der Waals surface area (Å²) in [6, 6.07) is 8.73. The molecule has 0 atom stereocenters. The molecule has 0 spiro atoms. The van der Waals surface area contributed by atoms with Gasteiger partial charge in [0.2, 0.25) is 0 Å². The molecule has 0 saturated carbocycles. The summed E-state index contributed by atoms with van der Waals surface area (Å²) in [6.07, 6.45) is 0. The molecule has 2 aromatic rings. The molecule has 1 aromatic heterocycles. The highest BCUT2D eigenvalue weighted by Gasteiger charge is 2.39. The quantitative estimate of drug-likeness (QED) is 0.732. The number of hydrogen-bond donors (Lipinski definition) is 1. The van der Waals surface area contributed by atoms with E-state index in [4.69, 9.17) is 21.1 Å². The lowest BCUT2D eigenvalue weighted by Gasteiger charge is -2.14. The molecule has 6 nitrogen and oxygen atoms in total. The number of imide groups is 1. The van der Waals surface area contributed by atoms with Crippen molar-refractivity contribution in [2.24, 2.45) is 0 Å². The zero-order chi connectivity index (χ0) is 18.7. The fourth-order valence-electron chi connectivity index (χ4n) is 2.62. The maximum atomic E-state index is 12.8. The van der Waals surface area contributed by atoms with Gasteiger partial charge in [0.05, 0.1) is 30.9 Å². The molecule has 0 saturated heterocycles. The van der Waals surface area contributed by atoms with Gasteiger partial charge < -0.3 is 14.8 Å². The molecule has 1 aromatic carbocycles.